The molecule has 2 aromatic heterocycles. The minimum Gasteiger partial charge on any atom is -0.457 e. The van der Waals surface area contributed by atoms with Crippen LogP contribution in [0.3, 0.4) is 0 Å². The molecule has 2 N–H and O–H groups in total. The number of aromatic amines is 1. The largest absolute Gasteiger partial charge is 0.457 e. The van der Waals surface area contributed by atoms with Gasteiger partial charge in [-0.3, -0.25) is 0 Å². The number of ether oxygens (including phenoxy) is 1. The first-order valence-corrected chi connectivity index (χ1v) is 9.57. The van der Waals surface area contributed by atoms with E-state index in [1.807, 2.05) is 41.2 Å². The highest BCUT2D eigenvalue weighted by molar-refractivity contribution is 5.65. The monoisotopic (exact) mass is 376 g/mol. The first-order chi connectivity index (χ1) is 13.8. The van der Waals surface area contributed by atoms with Crippen molar-refractivity contribution in [1.82, 2.24) is 19.9 Å². The molecule has 0 amide bonds. The molecule has 1 aliphatic heterocycles. The molecule has 2 aromatic carbocycles. The number of piperidine rings is 1. The summed E-state index contributed by atoms with van der Waals surface area (Å²) in [5.41, 5.74) is 4.46. The Morgan fingerprint density at radius 3 is 2.36 bits per heavy atom. The second kappa shape index (κ2) is 7.13. The molecule has 1 saturated heterocycles. The average Bonchev–Trinajstić information content (AvgIpc) is 3.32. The third kappa shape index (κ3) is 3.27. The van der Waals surface area contributed by atoms with E-state index < -0.39 is 0 Å². The third-order valence-corrected chi connectivity index (χ3v) is 5.32. The van der Waals surface area contributed by atoms with Gasteiger partial charge >= 0.3 is 0 Å². The van der Waals surface area contributed by atoms with E-state index in [0.29, 0.717) is 17.4 Å². The van der Waals surface area contributed by atoms with E-state index in [2.05, 4.69) is 15.4 Å². The van der Waals surface area contributed by atoms with E-state index in [9.17, 15) is 4.39 Å². The highest BCUT2D eigenvalue weighted by Crippen LogP contribution is 2.31. The van der Waals surface area contributed by atoms with Gasteiger partial charge in [-0.2, -0.15) is 5.10 Å². The molecule has 1 fully saturated rings. The fourth-order valence-electron chi connectivity index (χ4n) is 3.80. The maximum absolute atomic E-state index is 13.0. The zero-order valence-electron chi connectivity index (χ0n) is 15.4. The quantitative estimate of drug-likeness (QED) is 0.541. The molecule has 1 aliphatic rings. The number of nitrogens with one attached hydrogen (secondary N) is 2. The number of nitrogens with zero attached hydrogens (tertiary/aromatic N) is 2. The van der Waals surface area contributed by atoms with Gasteiger partial charge in [-0.1, -0.05) is 0 Å². The van der Waals surface area contributed by atoms with Crippen LogP contribution in [0.2, 0.25) is 0 Å². The molecule has 6 heteroatoms. The predicted octanol–water partition coefficient (Wildman–Crippen LogP) is 4.73. The summed E-state index contributed by atoms with van der Waals surface area (Å²) < 4.78 is 20.7. The lowest BCUT2D eigenvalue weighted by molar-refractivity contribution is 0.462. The zero-order chi connectivity index (χ0) is 18.9. The van der Waals surface area contributed by atoms with Crippen molar-refractivity contribution >= 4 is 5.65 Å². The Bertz CT molecular complexity index is 1080. The summed E-state index contributed by atoms with van der Waals surface area (Å²) in [5.74, 6) is 1.60. The summed E-state index contributed by atoms with van der Waals surface area (Å²) in [7, 11) is 0. The van der Waals surface area contributed by atoms with Crippen molar-refractivity contribution in [3.05, 3.63) is 72.3 Å². The first kappa shape index (κ1) is 17.0. The van der Waals surface area contributed by atoms with E-state index in [-0.39, 0.29) is 5.82 Å². The van der Waals surface area contributed by atoms with Gasteiger partial charge in [0.05, 0.1) is 18.1 Å². The predicted molar refractivity (Wildman–Crippen MR) is 106 cm³/mol. The normalized spacial score (nSPS) is 15.2. The van der Waals surface area contributed by atoms with Gasteiger partial charge in [-0.15, -0.1) is 0 Å². The number of hydrogen-bond donors (Lipinski definition) is 2. The smallest absolute Gasteiger partial charge is 0.137 e. The van der Waals surface area contributed by atoms with Gasteiger partial charge in [0.25, 0.3) is 0 Å². The van der Waals surface area contributed by atoms with Crippen LogP contribution in [0.5, 0.6) is 11.5 Å². The Balaban J connectivity index is 1.37. The Kier molecular flexibility index (Phi) is 4.33. The summed E-state index contributed by atoms with van der Waals surface area (Å²) in [6, 6.07) is 13.8. The Labute approximate surface area is 162 Å². The van der Waals surface area contributed by atoms with Gasteiger partial charge in [-0.25, -0.2) is 8.91 Å². The lowest BCUT2D eigenvalue weighted by Crippen LogP contribution is -2.26. The average molecular weight is 376 g/mol. The number of hydrogen-bond acceptors (Lipinski definition) is 3. The van der Waals surface area contributed by atoms with Crippen LogP contribution in [0.1, 0.15) is 24.3 Å². The molecule has 28 heavy (non-hydrogen) atoms. The topological polar surface area (TPSA) is 54.4 Å². The van der Waals surface area contributed by atoms with Crippen molar-refractivity contribution in [2.75, 3.05) is 13.1 Å². The fraction of sp³-hybridized carbons (Fsp3) is 0.227. The van der Waals surface area contributed by atoms with E-state index in [4.69, 9.17) is 4.74 Å². The van der Waals surface area contributed by atoms with E-state index in [0.717, 1.165) is 42.8 Å². The van der Waals surface area contributed by atoms with Crippen molar-refractivity contribution in [1.29, 1.82) is 0 Å². The molecule has 0 radical (unpaired) electrons. The molecule has 3 heterocycles. The second-order valence-electron chi connectivity index (χ2n) is 7.17. The highest BCUT2D eigenvalue weighted by Gasteiger charge is 2.20. The van der Waals surface area contributed by atoms with Crippen LogP contribution < -0.4 is 10.1 Å². The Morgan fingerprint density at radius 1 is 0.964 bits per heavy atom. The molecule has 0 atom stereocenters. The van der Waals surface area contributed by atoms with Crippen LogP contribution in [-0.4, -0.2) is 27.7 Å². The van der Waals surface area contributed by atoms with Gasteiger partial charge in [0.2, 0.25) is 0 Å². The molecule has 5 rings (SSSR count). The molecule has 0 bridgehead atoms. The second-order valence-corrected chi connectivity index (χ2v) is 7.17. The van der Waals surface area contributed by atoms with Crippen molar-refractivity contribution in [2.24, 2.45) is 0 Å². The van der Waals surface area contributed by atoms with Gasteiger partial charge < -0.3 is 15.0 Å². The molecule has 0 saturated carbocycles. The SMILES string of the molecule is Fc1ccc(Oc2ccc(-c3cn4ncc(C5CCNCC5)c4[nH]3)cc2)cc1. The molecule has 142 valence electrons. The van der Waals surface area contributed by atoms with Crippen LogP contribution in [0.4, 0.5) is 4.39 Å². The Morgan fingerprint density at radius 2 is 1.64 bits per heavy atom. The van der Waals surface area contributed by atoms with E-state index in [1.54, 1.807) is 12.1 Å². The van der Waals surface area contributed by atoms with Gasteiger partial charge in [0.15, 0.2) is 0 Å². The first-order valence-electron chi connectivity index (χ1n) is 9.57. The van der Waals surface area contributed by atoms with Gasteiger partial charge in [-0.05, 0) is 85.9 Å². The van der Waals surface area contributed by atoms with Crippen molar-refractivity contribution in [2.45, 2.75) is 18.8 Å². The number of imidazole rings is 1. The third-order valence-electron chi connectivity index (χ3n) is 5.32. The Hall–Kier alpha value is -3.12. The highest BCUT2D eigenvalue weighted by atomic mass is 19.1. The van der Waals surface area contributed by atoms with Crippen LogP contribution in [0.15, 0.2) is 60.9 Å². The maximum atomic E-state index is 13.0. The van der Waals surface area contributed by atoms with Crippen molar-refractivity contribution in [3.63, 3.8) is 0 Å². The van der Waals surface area contributed by atoms with E-state index >= 15 is 0 Å². The molecular formula is C22H21FN4O. The standard InChI is InChI=1S/C22H21FN4O/c23-17-3-7-19(8-4-17)28-18-5-1-16(2-6-18)21-14-27-22(26-21)20(13-25-27)15-9-11-24-12-10-15/h1-8,13-15,24,26H,9-12H2. The number of fused-ring (bicyclic) bond motifs is 1. The van der Waals surface area contributed by atoms with Crippen LogP contribution in [0, 0.1) is 5.82 Å². The summed E-state index contributed by atoms with van der Waals surface area (Å²) in [4.78, 5) is 3.53. The minimum absolute atomic E-state index is 0.275. The fourth-order valence-corrected chi connectivity index (χ4v) is 3.80. The number of aromatic nitrogens is 3. The maximum Gasteiger partial charge on any atom is 0.137 e. The lowest BCUT2D eigenvalue weighted by atomic mass is 9.92. The molecule has 0 aliphatic carbocycles. The number of H-pyrrole nitrogens is 1. The number of halogens is 1. The lowest BCUT2D eigenvalue weighted by Gasteiger charge is -2.21. The molecule has 4 aromatic rings. The van der Waals surface area contributed by atoms with E-state index in [1.165, 1.54) is 17.7 Å². The number of benzene rings is 2. The van der Waals surface area contributed by atoms with Gasteiger partial charge in [0, 0.05) is 5.56 Å². The molecule has 0 unspecified atom stereocenters. The molecule has 0 spiro atoms. The van der Waals surface area contributed by atoms with Crippen molar-refractivity contribution < 1.29 is 9.13 Å². The summed E-state index contributed by atoms with van der Waals surface area (Å²) in [5, 5.41) is 7.94. The van der Waals surface area contributed by atoms with Crippen LogP contribution in [-0.2, 0) is 0 Å². The van der Waals surface area contributed by atoms with Crippen molar-refractivity contribution in [3.8, 4) is 22.8 Å². The molecular weight excluding hydrogens is 355 g/mol. The number of rotatable bonds is 4. The summed E-state index contributed by atoms with van der Waals surface area (Å²) >= 11 is 0. The minimum atomic E-state index is -0.275. The van der Waals surface area contributed by atoms with Crippen LogP contribution in [0.25, 0.3) is 16.9 Å². The summed E-state index contributed by atoms with van der Waals surface area (Å²) in [6.45, 7) is 2.12. The van der Waals surface area contributed by atoms with Crippen LogP contribution >= 0.6 is 0 Å². The summed E-state index contributed by atoms with van der Waals surface area (Å²) in [6.07, 6.45) is 6.30. The molecule has 5 nitrogen and oxygen atoms in total. The van der Waals surface area contributed by atoms with Gasteiger partial charge in [0.1, 0.15) is 23.0 Å². The zero-order valence-corrected chi connectivity index (χ0v) is 15.4.